The van der Waals surface area contributed by atoms with Crippen LogP contribution in [0.2, 0.25) is 0 Å². The summed E-state index contributed by atoms with van der Waals surface area (Å²) in [5, 5.41) is 16.8. The van der Waals surface area contributed by atoms with E-state index in [9.17, 15) is 4.79 Å². The molecule has 0 saturated heterocycles. The number of amides is 1. The molecule has 8 heteroatoms. The Hall–Kier alpha value is -3.42. The van der Waals surface area contributed by atoms with Crippen LogP contribution in [0.5, 0.6) is 11.5 Å². The molecule has 0 aliphatic heterocycles. The van der Waals surface area contributed by atoms with Crippen LogP contribution in [-0.2, 0) is 11.2 Å². The number of anilines is 1. The maximum atomic E-state index is 12.9. The second-order valence-electron chi connectivity index (χ2n) is 5.60. The summed E-state index contributed by atoms with van der Waals surface area (Å²) in [6.45, 7) is 0. The summed E-state index contributed by atoms with van der Waals surface area (Å²) < 4.78 is 10.4. The molecule has 8 nitrogen and oxygen atoms in total. The lowest BCUT2D eigenvalue weighted by molar-refractivity contribution is -0.117. The van der Waals surface area contributed by atoms with Crippen molar-refractivity contribution >= 4 is 11.6 Å². The Balaban J connectivity index is 1.82. The van der Waals surface area contributed by atoms with E-state index in [0.29, 0.717) is 23.7 Å². The zero-order valence-corrected chi connectivity index (χ0v) is 14.5. The van der Waals surface area contributed by atoms with Crippen LogP contribution in [0.3, 0.4) is 0 Å². The summed E-state index contributed by atoms with van der Waals surface area (Å²) in [5.74, 6) is 0.872. The summed E-state index contributed by atoms with van der Waals surface area (Å²) in [5.41, 5.74) is 1.56. The number of carbonyl (C=O) groups is 1. The van der Waals surface area contributed by atoms with E-state index in [2.05, 4.69) is 25.9 Å². The molecule has 1 aromatic heterocycles. The van der Waals surface area contributed by atoms with E-state index in [1.165, 1.54) is 0 Å². The fraction of sp³-hybridized carbons (Fsp3) is 0.222. The van der Waals surface area contributed by atoms with Gasteiger partial charge in [0.15, 0.2) is 5.82 Å². The number of aromatic nitrogens is 4. The highest BCUT2D eigenvalue weighted by Gasteiger charge is 2.25. The van der Waals surface area contributed by atoms with Gasteiger partial charge in [0, 0.05) is 11.8 Å². The number of nitrogens with one attached hydrogen (secondary N) is 2. The van der Waals surface area contributed by atoms with Crippen molar-refractivity contribution in [2.24, 2.45) is 0 Å². The molecular formula is C18H19N5O3. The monoisotopic (exact) mass is 353 g/mol. The molecule has 2 N–H and O–H groups in total. The Kier molecular flexibility index (Phi) is 5.43. The number of aromatic amines is 1. The molecule has 26 heavy (non-hydrogen) atoms. The maximum Gasteiger partial charge on any atom is 0.235 e. The molecule has 0 fully saturated rings. The molecule has 0 aliphatic carbocycles. The smallest absolute Gasteiger partial charge is 0.235 e. The van der Waals surface area contributed by atoms with Crippen molar-refractivity contribution in [2.45, 2.75) is 12.3 Å². The topological polar surface area (TPSA) is 102 Å². The second kappa shape index (κ2) is 8.11. The zero-order chi connectivity index (χ0) is 18.4. The normalized spacial score (nSPS) is 11.6. The molecule has 2 aromatic carbocycles. The van der Waals surface area contributed by atoms with E-state index in [1.54, 1.807) is 32.4 Å². The first kappa shape index (κ1) is 17.4. The van der Waals surface area contributed by atoms with Crippen molar-refractivity contribution in [2.75, 3.05) is 19.5 Å². The van der Waals surface area contributed by atoms with Crippen molar-refractivity contribution < 1.29 is 14.3 Å². The standard InChI is InChI=1S/C18H19N5O3/c1-25-14-7-3-5-12(9-14)10-16(17-20-22-23-21-17)18(24)19-13-6-4-8-15(11-13)26-2/h3-9,11,16H,10H2,1-2H3,(H,19,24)(H,20,21,22,23). The molecule has 0 spiro atoms. The Labute approximate surface area is 150 Å². The van der Waals surface area contributed by atoms with Crippen LogP contribution in [0, 0.1) is 0 Å². The third-order valence-corrected chi connectivity index (χ3v) is 3.90. The van der Waals surface area contributed by atoms with E-state index in [1.807, 2.05) is 30.3 Å². The maximum absolute atomic E-state index is 12.9. The minimum Gasteiger partial charge on any atom is -0.497 e. The van der Waals surface area contributed by atoms with Gasteiger partial charge >= 0.3 is 0 Å². The lowest BCUT2D eigenvalue weighted by atomic mass is 9.97. The average molecular weight is 353 g/mol. The van der Waals surface area contributed by atoms with E-state index in [0.717, 1.165) is 11.3 Å². The number of hydrogen-bond donors (Lipinski definition) is 2. The van der Waals surface area contributed by atoms with Gasteiger partial charge in [-0.2, -0.15) is 5.21 Å². The lowest BCUT2D eigenvalue weighted by Crippen LogP contribution is -2.24. The Bertz CT molecular complexity index is 867. The van der Waals surface area contributed by atoms with Gasteiger partial charge < -0.3 is 14.8 Å². The molecular weight excluding hydrogens is 334 g/mol. The van der Waals surface area contributed by atoms with Gasteiger partial charge in [-0.3, -0.25) is 4.79 Å². The highest BCUT2D eigenvalue weighted by atomic mass is 16.5. The van der Waals surface area contributed by atoms with Crippen molar-refractivity contribution in [1.29, 1.82) is 0 Å². The van der Waals surface area contributed by atoms with Crippen LogP contribution >= 0.6 is 0 Å². The first-order chi connectivity index (χ1) is 12.7. The number of hydrogen-bond acceptors (Lipinski definition) is 6. The third kappa shape index (κ3) is 4.15. The first-order valence-electron chi connectivity index (χ1n) is 8.01. The molecule has 0 bridgehead atoms. The van der Waals surface area contributed by atoms with Crippen LogP contribution < -0.4 is 14.8 Å². The highest BCUT2D eigenvalue weighted by molar-refractivity contribution is 5.95. The molecule has 134 valence electrons. The van der Waals surface area contributed by atoms with Gasteiger partial charge in [0.2, 0.25) is 5.91 Å². The number of rotatable bonds is 7. The minimum absolute atomic E-state index is 0.234. The van der Waals surface area contributed by atoms with Crippen molar-refractivity contribution in [1.82, 2.24) is 20.6 Å². The van der Waals surface area contributed by atoms with Gasteiger partial charge in [0.05, 0.1) is 14.2 Å². The lowest BCUT2D eigenvalue weighted by Gasteiger charge is -2.15. The Morgan fingerprint density at radius 2 is 1.85 bits per heavy atom. The van der Waals surface area contributed by atoms with E-state index < -0.39 is 5.92 Å². The average Bonchev–Trinajstić information content (AvgIpc) is 3.20. The van der Waals surface area contributed by atoms with Crippen LogP contribution in [0.15, 0.2) is 48.5 Å². The summed E-state index contributed by atoms with van der Waals surface area (Å²) in [6, 6.07) is 14.7. The number of tetrazole rings is 1. The molecule has 1 heterocycles. The van der Waals surface area contributed by atoms with Crippen LogP contribution in [0.4, 0.5) is 5.69 Å². The van der Waals surface area contributed by atoms with Gasteiger partial charge in [-0.15, -0.1) is 10.2 Å². The van der Waals surface area contributed by atoms with Crippen LogP contribution in [-0.4, -0.2) is 40.8 Å². The number of carbonyl (C=O) groups excluding carboxylic acids is 1. The SMILES string of the molecule is COc1cccc(CC(C(=O)Nc2cccc(OC)c2)c2nn[nH]n2)c1. The summed E-state index contributed by atoms with van der Waals surface area (Å²) in [7, 11) is 3.18. The first-order valence-corrected chi connectivity index (χ1v) is 8.01. The molecule has 0 aliphatic rings. The largest absolute Gasteiger partial charge is 0.497 e. The van der Waals surface area contributed by atoms with Gasteiger partial charge in [0.25, 0.3) is 0 Å². The van der Waals surface area contributed by atoms with Gasteiger partial charge in [-0.1, -0.05) is 23.4 Å². The molecule has 0 radical (unpaired) electrons. The van der Waals surface area contributed by atoms with Gasteiger partial charge in [-0.25, -0.2) is 0 Å². The quantitative estimate of drug-likeness (QED) is 0.675. The second-order valence-corrected chi connectivity index (χ2v) is 5.60. The number of benzene rings is 2. The number of H-pyrrole nitrogens is 1. The fourth-order valence-electron chi connectivity index (χ4n) is 2.58. The number of methoxy groups -OCH3 is 2. The minimum atomic E-state index is -0.605. The van der Waals surface area contributed by atoms with Gasteiger partial charge in [0.1, 0.15) is 17.4 Å². The third-order valence-electron chi connectivity index (χ3n) is 3.90. The number of nitrogens with zero attached hydrogens (tertiary/aromatic N) is 3. The molecule has 1 amide bonds. The molecule has 3 aromatic rings. The summed E-state index contributed by atoms with van der Waals surface area (Å²) in [6.07, 6.45) is 0.409. The molecule has 3 rings (SSSR count). The predicted molar refractivity (Wildman–Crippen MR) is 95.2 cm³/mol. The van der Waals surface area contributed by atoms with E-state index in [-0.39, 0.29) is 5.91 Å². The van der Waals surface area contributed by atoms with Crippen molar-refractivity contribution in [3.05, 3.63) is 59.9 Å². The Morgan fingerprint density at radius 3 is 2.54 bits per heavy atom. The van der Waals surface area contributed by atoms with Crippen LogP contribution in [0.1, 0.15) is 17.3 Å². The van der Waals surface area contributed by atoms with Crippen molar-refractivity contribution in [3.8, 4) is 11.5 Å². The number of ether oxygens (including phenoxy) is 2. The molecule has 1 unspecified atom stereocenters. The zero-order valence-electron chi connectivity index (χ0n) is 14.5. The highest BCUT2D eigenvalue weighted by Crippen LogP contribution is 2.23. The van der Waals surface area contributed by atoms with Gasteiger partial charge in [-0.05, 0) is 36.2 Å². The summed E-state index contributed by atoms with van der Waals surface area (Å²) in [4.78, 5) is 12.9. The van der Waals surface area contributed by atoms with Crippen molar-refractivity contribution in [3.63, 3.8) is 0 Å². The van der Waals surface area contributed by atoms with E-state index >= 15 is 0 Å². The van der Waals surface area contributed by atoms with Crippen LogP contribution in [0.25, 0.3) is 0 Å². The van der Waals surface area contributed by atoms with E-state index in [4.69, 9.17) is 9.47 Å². The predicted octanol–water partition coefficient (Wildman–Crippen LogP) is 2.18. The fourth-order valence-corrected chi connectivity index (χ4v) is 2.58. The Morgan fingerprint density at radius 1 is 1.12 bits per heavy atom. The molecule has 1 atom stereocenters. The molecule has 0 saturated carbocycles. The summed E-state index contributed by atoms with van der Waals surface area (Å²) >= 11 is 0.